The van der Waals surface area contributed by atoms with Crippen molar-refractivity contribution in [3.05, 3.63) is 40.8 Å². The molecule has 138 valence electrons. The summed E-state index contributed by atoms with van der Waals surface area (Å²) in [5, 5.41) is 6.52. The van der Waals surface area contributed by atoms with Crippen LogP contribution in [0.3, 0.4) is 0 Å². The maximum Gasteiger partial charge on any atom is 0.311 e. The molecule has 1 N–H and O–H groups in total. The van der Waals surface area contributed by atoms with Gasteiger partial charge in [0.1, 0.15) is 5.76 Å². The molecule has 0 radical (unpaired) electrons. The molecular formula is C18H20N2O6. The lowest BCUT2D eigenvalue weighted by Gasteiger charge is -2.13. The highest BCUT2D eigenvalue weighted by Crippen LogP contribution is 2.32. The summed E-state index contributed by atoms with van der Waals surface area (Å²) in [7, 11) is 0. The van der Waals surface area contributed by atoms with Gasteiger partial charge in [-0.05, 0) is 38.5 Å². The van der Waals surface area contributed by atoms with Gasteiger partial charge in [0.05, 0.1) is 12.1 Å². The number of benzene rings is 1. The van der Waals surface area contributed by atoms with Crippen molar-refractivity contribution in [2.24, 2.45) is 0 Å². The number of hydrogen-bond donors (Lipinski definition) is 1. The number of nitrogens with zero attached hydrogens (tertiary/aromatic N) is 1. The molecule has 0 saturated heterocycles. The van der Waals surface area contributed by atoms with Crippen molar-refractivity contribution in [2.75, 3.05) is 6.79 Å². The van der Waals surface area contributed by atoms with Crippen molar-refractivity contribution in [3.8, 4) is 11.5 Å². The van der Waals surface area contributed by atoms with Gasteiger partial charge in [-0.25, -0.2) is 0 Å². The number of fused-ring (bicyclic) bond motifs is 1. The predicted octanol–water partition coefficient (Wildman–Crippen LogP) is 1.81. The maximum atomic E-state index is 12.1. The van der Waals surface area contributed by atoms with E-state index in [9.17, 15) is 9.59 Å². The molecule has 1 aliphatic rings. The minimum atomic E-state index is -0.906. The Bertz CT molecular complexity index is 810. The molecule has 0 fully saturated rings. The van der Waals surface area contributed by atoms with Crippen molar-refractivity contribution >= 4 is 11.9 Å². The van der Waals surface area contributed by atoms with Crippen LogP contribution >= 0.6 is 0 Å². The Kier molecular flexibility index (Phi) is 5.11. The largest absolute Gasteiger partial charge is 0.454 e. The molecule has 26 heavy (non-hydrogen) atoms. The van der Waals surface area contributed by atoms with Gasteiger partial charge in [-0.2, -0.15) is 0 Å². The van der Waals surface area contributed by atoms with E-state index in [0.717, 1.165) is 5.56 Å². The number of aryl methyl sites for hydroxylation is 2. The van der Waals surface area contributed by atoms with Crippen LogP contribution in [0.2, 0.25) is 0 Å². The number of amides is 1. The second kappa shape index (κ2) is 7.47. The van der Waals surface area contributed by atoms with E-state index in [4.69, 9.17) is 18.7 Å². The number of esters is 1. The fraction of sp³-hybridized carbons (Fsp3) is 0.389. The van der Waals surface area contributed by atoms with Crippen molar-refractivity contribution in [3.63, 3.8) is 0 Å². The zero-order valence-corrected chi connectivity index (χ0v) is 14.8. The van der Waals surface area contributed by atoms with E-state index in [1.165, 1.54) is 6.92 Å². The minimum absolute atomic E-state index is 0.0148. The number of rotatable bonds is 6. The van der Waals surface area contributed by atoms with Crippen LogP contribution in [0, 0.1) is 13.8 Å². The van der Waals surface area contributed by atoms with Gasteiger partial charge < -0.3 is 24.1 Å². The second-order valence-corrected chi connectivity index (χ2v) is 6.02. The molecular weight excluding hydrogens is 340 g/mol. The van der Waals surface area contributed by atoms with Gasteiger partial charge in [-0.1, -0.05) is 11.2 Å². The van der Waals surface area contributed by atoms with E-state index in [-0.39, 0.29) is 19.1 Å². The van der Waals surface area contributed by atoms with Crippen LogP contribution in [0.5, 0.6) is 11.5 Å². The van der Waals surface area contributed by atoms with Crippen molar-refractivity contribution in [2.45, 2.75) is 39.8 Å². The molecule has 0 bridgehead atoms. The summed E-state index contributed by atoms with van der Waals surface area (Å²) in [6, 6.07) is 5.43. The Balaban J connectivity index is 1.49. The first-order chi connectivity index (χ1) is 12.4. The second-order valence-electron chi connectivity index (χ2n) is 6.02. The van der Waals surface area contributed by atoms with Crippen LogP contribution in [-0.4, -0.2) is 29.9 Å². The lowest BCUT2D eigenvalue weighted by atomic mass is 10.1. The van der Waals surface area contributed by atoms with Crippen molar-refractivity contribution in [1.29, 1.82) is 0 Å². The lowest BCUT2D eigenvalue weighted by molar-refractivity contribution is -0.154. The average molecular weight is 360 g/mol. The fourth-order valence-electron chi connectivity index (χ4n) is 2.57. The summed E-state index contributed by atoms with van der Waals surface area (Å²) in [5.41, 5.74) is 2.18. The molecule has 1 atom stereocenters. The van der Waals surface area contributed by atoms with Gasteiger partial charge in [0.2, 0.25) is 6.79 Å². The number of nitrogens with one attached hydrogen (secondary N) is 1. The first-order valence-electron chi connectivity index (χ1n) is 8.21. The van der Waals surface area contributed by atoms with E-state index in [2.05, 4.69) is 10.5 Å². The van der Waals surface area contributed by atoms with Crippen molar-refractivity contribution < 1.29 is 28.3 Å². The lowest BCUT2D eigenvalue weighted by Crippen LogP contribution is -2.35. The van der Waals surface area contributed by atoms with Crippen LogP contribution in [0.25, 0.3) is 0 Å². The molecule has 8 heteroatoms. The molecule has 8 nitrogen and oxygen atoms in total. The molecule has 1 aromatic carbocycles. The van der Waals surface area contributed by atoms with Crippen LogP contribution in [-0.2, 0) is 27.3 Å². The van der Waals surface area contributed by atoms with E-state index in [0.29, 0.717) is 35.1 Å². The summed E-state index contributed by atoms with van der Waals surface area (Å²) in [4.78, 5) is 24.2. The van der Waals surface area contributed by atoms with Gasteiger partial charge in [0, 0.05) is 12.1 Å². The summed E-state index contributed by atoms with van der Waals surface area (Å²) in [6.45, 7) is 5.50. The molecule has 0 spiro atoms. The number of ether oxygens (including phenoxy) is 3. The topological polar surface area (TPSA) is 99.9 Å². The third kappa shape index (κ3) is 3.96. The smallest absolute Gasteiger partial charge is 0.311 e. The Morgan fingerprint density at radius 3 is 2.77 bits per heavy atom. The van der Waals surface area contributed by atoms with Crippen LogP contribution < -0.4 is 14.8 Å². The Hall–Kier alpha value is -3.03. The Labute approximate surface area is 150 Å². The first kappa shape index (κ1) is 17.8. The van der Waals surface area contributed by atoms with Gasteiger partial charge >= 0.3 is 5.97 Å². The molecule has 1 aromatic heterocycles. The molecule has 0 unspecified atom stereocenters. The van der Waals surface area contributed by atoms with Crippen LogP contribution in [0.15, 0.2) is 22.7 Å². The number of carbonyl (C=O) groups is 2. The molecule has 3 rings (SSSR count). The minimum Gasteiger partial charge on any atom is -0.454 e. The summed E-state index contributed by atoms with van der Waals surface area (Å²) in [6.07, 6.45) is -0.891. The zero-order valence-electron chi connectivity index (χ0n) is 14.8. The molecule has 0 aliphatic carbocycles. The third-order valence-electron chi connectivity index (χ3n) is 4.08. The summed E-state index contributed by atoms with van der Waals surface area (Å²) >= 11 is 0. The number of carbonyl (C=O) groups excluding carboxylic acids is 2. The fourth-order valence-corrected chi connectivity index (χ4v) is 2.57. The van der Waals surface area contributed by atoms with Crippen LogP contribution in [0.4, 0.5) is 0 Å². The Morgan fingerprint density at radius 2 is 2.04 bits per heavy atom. The van der Waals surface area contributed by atoms with E-state index in [1.807, 2.05) is 6.07 Å². The molecule has 1 aliphatic heterocycles. The van der Waals surface area contributed by atoms with Gasteiger partial charge in [-0.15, -0.1) is 0 Å². The maximum absolute atomic E-state index is 12.1. The van der Waals surface area contributed by atoms with Gasteiger partial charge in [0.25, 0.3) is 5.91 Å². The van der Waals surface area contributed by atoms with E-state index >= 15 is 0 Å². The molecule has 1 amide bonds. The first-order valence-corrected chi connectivity index (χ1v) is 8.21. The number of hydrogen-bond acceptors (Lipinski definition) is 7. The standard InChI is InChI=1S/C18H20N2O6/c1-10-14(11(2)26-20-10)7-17(21)25-12(3)18(22)19-8-13-4-5-15-16(6-13)24-9-23-15/h4-6,12H,7-9H2,1-3H3,(H,19,22)/t12-/m1/s1. The molecule has 2 heterocycles. The highest BCUT2D eigenvalue weighted by molar-refractivity contribution is 5.84. The van der Waals surface area contributed by atoms with E-state index < -0.39 is 12.1 Å². The Morgan fingerprint density at radius 1 is 1.27 bits per heavy atom. The van der Waals surface area contributed by atoms with Crippen molar-refractivity contribution in [1.82, 2.24) is 10.5 Å². The van der Waals surface area contributed by atoms with Crippen LogP contribution in [0.1, 0.15) is 29.5 Å². The highest BCUT2D eigenvalue weighted by Gasteiger charge is 2.21. The SMILES string of the molecule is Cc1noc(C)c1CC(=O)O[C@H](C)C(=O)NCc1ccc2c(c1)OCO2. The zero-order chi connectivity index (χ0) is 18.7. The predicted molar refractivity (Wildman–Crippen MR) is 89.6 cm³/mol. The average Bonchev–Trinajstić information content (AvgIpc) is 3.20. The van der Waals surface area contributed by atoms with Gasteiger partial charge in [-0.3, -0.25) is 9.59 Å². The molecule has 2 aromatic rings. The summed E-state index contributed by atoms with van der Waals surface area (Å²) < 4.78 is 20.7. The monoisotopic (exact) mass is 360 g/mol. The summed E-state index contributed by atoms with van der Waals surface area (Å²) in [5.74, 6) is 1.01. The highest BCUT2D eigenvalue weighted by atomic mass is 16.7. The quantitative estimate of drug-likeness (QED) is 0.784. The normalized spacial score (nSPS) is 13.3. The third-order valence-corrected chi connectivity index (χ3v) is 4.08. The van der Waals surface area contributed by atoms with E-state index in [1.54, 1.807) is 26.0 Å². The van der Waals surface area contributed by atoms with Gasteiger partial charge in [0.15, 0.2) is 17.6 Å². The number of aromatic nitrogens is 1. The molecule has 0 saturated carbocycles.